The summed E-state index contributed by atoms with van der Waals surface area (Å²) >= 11 is 0. The van der Waals surface area contributed by atoms with Gasteiger partial charge in [0.15, 0.2) is 5.78 Å². The Kier molecular flexibility index (Phi) is 2.92. The van der Waals surface area contributed by atoms with Gasteiger partial charge in [0.1, 0.15) is 0 Å². The quantitative estimate of drug-likeness (QED) is 0.539. The summed E-state index contributed by atoms with van der Waals surface area (Å²) in [6, 6.07) is 0. The van der Waals surface area contributed by atoms with Crippen LogP contribution in [0.5, 0.6) is 0 Å². The molecule has 0 spiro atoms. The highest BCUT2D eigenvalue weighted by Crippen LogP contribution is 1.85. The molecule has 0 amide bonds. The average Bonchev–Trinajstić information content (AvgIpc) is 1.65. The Morgan fingerprint density at radius 3 is 2.38 bits per heavy atom. The SMILES string of the molecule is CCC(=O)/C=C(\C)N. The summed E-state index contributed by atoms with van der Waals surface area (Å²) in [7, 11) is 0. The highest BCUT2D eigenvalue weighted by Gasteiger charge is 1.88. The van der Waals surface area contributed by atoms with Gasteiger partial charge in [-0.25, -0.2) is 0 Å². The standard InChI is InChI=1S/C6H11NO/c1-3-6(8)4-5(2)7/h4H,3,7H2,1-2H3/b5-4+. The number of ketones is 1. The zero-order chi connectivity index (χ0) is 6.57. The van der Waals surface area contributed by atoms with E-state index in [0.717, 1.165) is 0 Å². The number of allylic oxidation sites excluding steroid dienone is 2. The first-order chi connectivity index (χ1) is 3.66. The van der Waals surface area contributed by atoms with Gasteiger partial charge in [0, 0.05) is 12.1 Å². The third kappa shape index (κ3) is 3.40. The molecule has 0 heterocycles. The van der Waals surface area contributed by atoms with E-state index in [1.54, 1.807) is 6.92 Å². The fourth-order valence-corrected chi connectivity index (χ4v) is 0.356. The van der Waals surface area contributed by atoms with Crippen molar-refractivity contribution in [2.45, 2.75) is 20.3 Å². The van der Waals surface area contributed by atoms with Crippen LogP contribution in [0.4, 0.5) is 0 Å². The molecule has 0 unspecified atom stereocenters. The summed E-state index contributed by atoms with van der Waals surface area (Å²) in [4.78, 5) is 10.5. The van der Waals surface area contributed by atoms with Crippen LogP contribution >= 0.6 is 0 Å². The highest BCUT2D eigenvalue weighted by atomic mass is 16.1. The monoisotopic (exact) mass is 113 g/mol. The van der Waals surface area contributed by atoms with Gasteiger partial charge in [0.2, 0.25) is 0 Å². The first-order valence-electron chi connectivity index (χ1n) is 2.63. The third-order valence-corrected chi connectivity index (χ3v) is 0.737. The minimum Gasteiger partial charge on any atom is -0.402 e. The van der Waals surface area contributed by atoms with Gasteiger partial charge in [-0.05, 0) is 13.0 Å². The molecule has 0 saturated carbocycles. The molecule has 0 aromatic rings. The molecule has 2 heteroatoms. The zero-order valence-corrected chi connectivity index (χ0v) is 5.27. The Morgan fingerprint density at radius 1 is 1.75 bits per heavy atom. The lowest BCUT2D eigenvalue weighted by Gasteiger charge is -1.86. The van der Waals surface area contributed by atoms with E-state index in [2.05, 4.69) is 0 Å². The molecule has 0 aromatic heterocycles. The maximum atomic E-state index is 10.5. The topological polar surface area (TPSA) is 43.1 Å². The van der Waals surface area contributed by atoms with Crippen molar-refractivity contribution in [2.24, 2.45) is 5.73 Å². The van der Waals surface area contributed by atoms with Crippen LogP contribution in [-0.2, 0) is 4.79 Å². The molecule has 0 aliphatic rings. The van der Waals surface area contributed by atoms with Crippen LogP contribution in [0.1, 0.15) is 20.3 Å². The molecule has 8 heavy (non-hydrogen) atoms. The van der Waals surface area contributed by atoms with Crippen molar-refractivity contribution in [3.63, 3.8) is 0 Å². The van der Waals surface area contributed by atoms with Crippen LogP contribution in [0.25, 0.3) is 0 Å². The molecular weight excluding hydrogens is 102 g/mol. The van der Waals surface area contributed by atoms with E-state index in [9.17, 15) is 4.79 Å². The molecule has 0 aliphatic carbocycles. The van der Waals surface area contributed by atoms with Gasteiger partial charge >= 0.3 is 0 Å². The molecule has 46 valence electrons. The van der Waals surface area contributed by atoms with Gasteiger partial charge in [-0.15, -0.1) is 0 Å². The fourth-order valence-electron chi connectivity index (χ4n) is 0.356. The van der Waals surface area contributed by atoms with Gasteiger partial charge in [0.05, 0.1) is 0 Å². The maximum Gasteiger partial charge on any atom is 0.157 e. The Balaban J connectivity index is 3.70. The second-order valence-corrected chi connectivity index (χ2v) is 1.71. The Labute approximate surface area is 49.4 Å². The van der Waals surface area contributed by atoms with Gasteiger partial charge in [0.25, 0.3) is 0 Å². The summed E-state index contributed by atoms with van der Waals surface area (Å²) in [5.41, 5.74) is 5.79. The molecule has 0 radical (unpaired) electrons. The highest BCUT2D eigenvalue weighted by molar-refractivity contribution is 5.89. The summed E-state index contributed by atoms with van der Waals surface area (Å²) in [6.45, 7) is 3.51. The van der Waals surface area contributed by atoms with Crippen LogP contribution in [-0.4, -0.2) is 5.78 Å². The lowest BCUT2D eigenvalue weighted by molar-refractivity contribution is -0.114. The second-order valence-electron chi connectivity index (χ2n) is 1.71. The summed E-state index contributed by atoms with van der Waals surface area (Å²) < 4.78 is 0. The smallest absolute Gasteiger partial charge is 0.157 e. The molecule has 0 fully saturated rings. The molecule has 2 N–H and O–H groups in total. The molecule has 0 bridgehead atoms. The van der Waals surface area contributed by atoms with E-state index < -0.39 is 0 Å². The van der Waals surface area contributed by atoms with Crippen molar-refractivity contribution >= 4 is 5.78 Å². The predicted octanol–water partition coefficient (Wildman–Crippen LogP) is 0.828. The fraction of sp³-hybridized carbons (Fsp3) is 0.500. The van der Waals surface area contributed by atoms with Gasteiger partial charge in [-0.1, -0.05) is 6.92 Å². The van der Waals surface area contributed by atoms with Crippen LogP contribution in [0.3, 0.4) is 0 Å². The Bertz CT molecular complexity index is 112. The van der Waals surface area contributed by atoms with Crippen LogP contribution in [0.2, 0.25) is 0 Å². The molecule has 2 nitrogen and oxygen atoms in total. The molecule has 0 aliphatic heterocycles. The number of carbonyl (C=O) groups excluding carboxylic acids is 1. The largest absolute Gasteiger partial charge is 0.402 e. The van der Waals surface area contributed by atoms with E-state index in [-0.39, 0.29) is 5.78 Å². The van der Waals surface area contributed by atoms with E-state index in [4.69, 9.17) is 5.73 Å². The predicted molar refractivity (Wildman–Crippen MR) is 33.2 cm³/mol. The van der Waals surface area contributed by atoms with E-state index in [1.807, 2.05) is 6.92 Å². The van der Waals surface area contributed by atoms with E-state index >= 15 is 0 Å². The summed E-state index contributed by atoms with van der Waals surface area (Å²) in [6.07, 6.45) is 1.98. The van der Waals surface area contributed by atoms with Crippen LogP contribution < -0.4 is 5.73 Å². The average molecular weight is 113 g/mol. The molecule has 0 rings (SSSR count). The maximum absolute atomic E-state index is 10.5. The van der Waals surface area contributed by atoms with Gasteiger partial charge < -0.3 is 5.73 Å². The number of hydrogen-bond acceptors (Lipinski definition) is 2. The minimum atomic E-state index is 0.0880. The number of hydrogen-bond donors (Lipinski definition) is 1. The van der Waals surface area contributed by atoms with Crippen molar-refractivity contribution in [3.8, 4) is 0 Å². The number of nitrogens with two attached hydrogens (primary N) is 1. The van der Waals surface area contributed by atoms with Crippen molar-refractivity contribution in [1.82, 2.24) is 0 Å². The van der Waals surface area contributed by atoms with Crippen molar-refractivity contribution < 1.29 is 4.79 Å². The lowest BCUT2D eigenvalue weighted by Crippen LogP contribution is -1.96. The van der Waals surface area contributed by atoms with Gasteiger partial charge in [-0.2, -0.15) is 0 Å². The minimum absolute atomic E-state index is 0.0880. The first-order valence-corrected chi connectivity index (χ1v) is 2.63. The number of rotatable bonds is 2. The molecule has 0 saturated heterocycles. The van der Waals surface area contributed by atoms with Crippen LogP contribution in [0.15, 0.2) is 11.8 Å². The van der Waals surface area contributed by atoms with Gasteiger partial charge in [-0.3, -0.25) is 4.79 Å². The first kappa shape index (κ1) is 7.21. The summed E-state index contributed by atoms with van der Waals surface area (Å²) in [5.74, 6) is 0.0880. The molecule has 0 aromatic carbocycles. The zero-order valence-electron chi connectivity index (χ0n) is 5.27. The van der Waals surface area contributed by atoms with Crippen molar-refractivity contribution in [2.75, 3.05) is 0 Å². The van der Waals surface area contributed by atoms with Crippen LogP contribution in [0, 0.1) is 0 Å². The molecule has 0 atom stereocenters. The van der Waals surface area contributed by atoms with E-state index in [1.165, 1.54) is 6.08 Å². The normalized spacial score (nSPS) is 11.5. The van der Waals surface area contributed by atoms with Crippen molar-refractivity contribution in [3.05, 3.63) is 11.8 Å². The van der Waals surface area contributed by atoms with Crippen molar-refractivity contribution in [1.29, 1.82) is 0 Å². The molecular formula is C6H11NO. The summed E-state index contributed by atoms with van der Waals surface area (Å²) in [5, 5.41) is 0. The Hall–Kier alpha value is -0.790. The third-order valence-electron chi connectivity index (χ3n) is 0.737. The second kappa shape index (κ2) is 3.24. The number of carbonyl (C=O) groups is 1. The lowest BCUT2D eigenvalue weighted by atomic mass is 10.3. The van der Waals surface area contributed by atoms with E-state index in [0.29, 0.717) is 12.1 Å². The Morgan fingerprint density at radius 2 is 2.25 bits per heavy atom.